The van der Waals surface area contributed by atoms with Crippen molar-refractivity contribution in [1.82, 2.24) is 10.6 Å². The zero-order valence-electron chi connectivity index (χ0n) is 16.1. The van der Waals surface area contributed by atoms with Crippen LogP contribution in [0.1, 0.15) is 37.7 Å². The minimum absolute atomic E-state index is 0.172. The van der Waals surface area contributed by atoms with Crippen molar-refractivity contribution in [2.24, 2.45) is 0 Å². The molecular formula is C21H24N2O6. The molecule has 3 rings (SSSR count). The Morgan fingerprint density at radius 3 is 2.83 bits per heavy atom. The van der Waals surface area contributed by atoms with Gasteiger partial charge in [-0.15, -0.1) is 0 Å². The first-order chi connectivity index (χ1) is 14.1. The maximum absolute atomic E-state index is 11.7. The van der Waals surface area contributed by atoms with Gasteiger partial charge in [0.15, 0.2) is 18.1 Å². The van der Waals surface area contributed by atoms with E-state index in [1.165, 1.54) is 30.6 Å². The highest BCUT2D eigenvalue weighted by atomic mass is 16.7. The molecule has 0 spiro atoms. The minimum atomic E-state index is -0.692. The predicted molar refractivity (Wildman–Crippen MR) is 105 cm³/mol. The Kier molecular flexibility index (Phi) is 7.27. The fourth-order valence-corrected chi connectivity index (χ4v) is 3.04. The molecule has 0 bridgehead atoms. The molecule has 0 saturated heterocycles. The Balaban J connectivity index is 1.32. The van der Waals surface area contributed by atoms with E-state index in [0.717, 1.165) is 24.8 Å². The number of fused-ring (bicyclic) bond motifs is 1. The van der Waals surface area contributed by atoms with Crippen molar-refractivity contribution in [3.05, 3.63) is 41.5 Å². The molecule has 29 heavy (non-hydrogen) atoms. The molecule has 1 aromatic carbocycles. The van der Waals surface area contributed by atoms with Crippen LogP contribution >= 0.6 is 0 Å². The Morgan fingerprint density at radius 2 is 2.00 bits per heavy atom. The van der Waals surface area contributed by atoms with Gasteiger partial charge in [-0.25, -0.2) is 9.59 Å². The van der Waals surface area contributed by atoms with Crippen LogP contribution in [0.25, 0.3) is 6.08 Å². The number of hydrogen-bond donors (Lipinski definition) is 2. The van der Waals surface area contributed by atoms with Crippen molar-refractivity contribution in [2.45, 2.75) is 32.1 Å². The molecule has 1 aliphatic heterocycles. The van der Waals surface area contributed by atoms with Crippen LogP contribution < -0.4 is 20.1 Å². The van der Waals surface area contributed by atoms with Gasteiger partial charge < -0.3 is 19.5 Å². The lowest BCUT2D eigenvalue weighted by molar-refractivity contribution is -0.143. The number of urea groups is 1. The average Bonchev–Trinajstić information content (AvgIpc) is 3.19. The lowest BCUT2D eigenvalue weighted by Crippen LogP contribution is -2.41. The van der Waals surface area contributed by atoms with Crippen molar-refractivity contribution in [3.8, 4) is 11.5 Å². The highest BCUT2D eigenvalue weighted by Crippen LogP contribution is 2.32. The van der Waals surface area contributed by atoms with Crippen LogP contribution in [0.15, 0.2) is 35.9 Å². The molecular weight excluding hydrogens is 376 g/mol. The second-order valence-electron chi connectivity index (χ2n) is 6.72. The number of esters is 1. The molecule has 3 amide bonds. The summed E-state index contributed by atoms with van der Waals surface area (Å²) in [5, 5.41) is 4.76. The highest BCUT2D eigenvalue weighted by molar-refractivity contribution is 5.96. The van der Waals surface area contributed by atoms with Gasteiger partial charge >= 0.3 is 12.0 Å². The number of benzene rings is 1. The first kappa shape index (κ1) is 20.4. The SMILES string of the molecule is O=C(COC(=O)/C=C/c1ccc2c(c1)OCO2)NC(=O)NCCC1=CCCCC1. The zero-order valence-corrected chi connectivity index (χ0v) is 16.1. The van der Waals surface area contributed by atoms with E-state index < -0.39 is 24.5 Å². The van der Waals surface area contributed by atoms with E-state index in [-0.39, 0.29) is 6.79 Å². The van der Waals surface area contributed by atoms with Crippen molar-refractivity contribution in [1.29, 1.82) is 0 Å². The molecule has 1 aromatic rings. The summed E-state index contributed by atoms with van der Waals surface area (Å²) in [5.74, 6) is -0.132. The third-order valence-corrected chi connectivity index (χ3v) is 4.52. The van der Waals surface area contributed by atoms with Gasteiger partial charge in [-0.05, 0) is 55.9 Å². The van der Waals surface area contributed by atoms with Gasteiger partial charge in [0, 0.05) is 12.6 Å². The summed E-state index contributed by atoms with van der Waals surface area (Å²) in [6.07, 6.45) is 10.3. The summed E-state index contributed by atoms with van der Waals surface area (Å²) in [7, 11) is 0. The topological polar surface area (TPSA) is 103 Å². The third kappa shape index (κ3) is 6.67. The van der Waals surface area contributed by atoms with Gasteiger partial charge in [0.2, 0.25) is 6.79 Å². The summed E-state index contributed by atoms with van der Waals surface area (Å²) in [5.41, 5.74) is 2.06. The summed E-state index contributed by atoms with van der Waals surface area (Å²) < 4.78 is 15.3. The quantitative estimate of drug-likeness (QED) is 0.414. The standard InChI is InChI=1S/C21H24N2O6/c24-19(23-21(26)22-11-10-15-4-2-1-3-5-15)13-27-20(25)9-7-16-6-8-17-18(12-16)29-14-28-17/h4,6-9,12H,1-3,5,10-11,13-14H2,(H2,22,23,24,26)/b9-7+. The predicted octanol–water partition coefficient (Wildman–Crippen LogP) is 2.69. The van der Waals surface area contributed by atoms with E-state index >= 15 is 0 Å². The molecule has 0 radical (unpaired) electrons. The largest absolute Gasteiger partial charge is 0.454 e. The van der Waals surface area contributed by atoms with Crippen molar-refractivity contribution in [3.63, 3.8) is 0 Å². The van der Waals surface area contributed by atoms with E-state index in [9.17, 15) is 14.4 Å². The fraction of sp³-hybridized carbons (Fsp3) is 0.381. The molecule has 2 aliphatic rings. The number of imide groups is 1. The minimum Gasteiger partial charge on any atom is -0.454 e. The lowest BCUT2D eigenvalue weighted by atomic mass is 9.97. The van der Waals surface area contributed by atoms with Gasteiger partial charge in [-0.2, -0.15) is 0 Å². The third-order valence-electron chi connectivity index (χ3n) is 4.52. The van der Waals surface area contributed by atoms with Crippen LogP contribution in [0.4, 0.5) is 4.79 Å². The second-order valence-corrected chi connectivity index (χ2v) is 6.72. The Bertz CT molecular complexity index is 830. The van der Waals surface area contributed by atoms with Crippen LogP contribution in [-0.2, 0) is 14.3 Å². The summed E-state index contributed by atoms with van der Waals surface area (Å²) in [6.45, 7) is 0.0942. The van der Waals surface area contributed by atoms with E-state index in [1.54, 1.807) is 18.2 Å². The van der Waals surface area contributed by atoms with E-state index in [0.29, 0.717) is 18.0 Å². The Hall–Kier alpha value is -3.29. The van der Waals surface area contributed by atoms with Crippen molar-refractivity contribution >= 4 is 24.0 Å². The van der Waals surface area contributed by atoms with Gasteiger partial charge in [0.05, 0.1) is 0 Å². The number of hydrogen-bond acceptors (Lipinski definition) is 6. The second kappa shape index (κ2) is 10.3. The van der Waals surface area contributed by atoms with Gasteiger partial charge in [-0.1, -0.05) is 17.7 Å². The van der Waals surface area contributed by atoms with Crippen LogP contribution in [0.3, 0.4) is 0 Å². The van der Waals surface area contributed by atoms with Crippen LogP contribution in [0, 0.1) is 0 Å². The van der Waals surface area contributed by atoms with E-state index in [1.807, 2.05) is 0 Å². The fourth-order valence-electron chi connectivity index (χ4n) is 3.04. The molecule has 2 N–H and O–H groups in total. The Labute approximate surface area is 168 Å². The molecule has 0 aromatic heterocycles. The highest BCUT2D eigenvalue weighted by Gasteiger charge is 2.13. The first-order valence-corrected chi connectivity index (χ1v) is 9.60. The summed E-state index contributed by atoms with van der Waals surface area (Å²) >= 11 is 0. The van der Waals surface area contributed by atoms with Gasteiger partial charge in [0.1, 0.15) is 0 Å². The van der Waals surface area contributed by atoms with Gasteiger partial charge in [-0.3, -0.25) is 10.1 Å². The molecule has 0 unspecified atom stereocenters. The molecule has 1 aliphatic carbocycles. The smallest absolute Gasteiger partial charge is 0.331 e. The van der Waals surface area contributed by atoms with Gasteiger partial charge in [0.25, 0.3) is 5.91 Å². The molecule has 0 atom stereocenters. The van der Waals surface area contributed by atoms with E-state index in [2.05, 4.69) is 16.7 Å². The normalized spacial score (nSPS) is 15.0. The number of rotatable bonds is 7. The van der Waals surface area contributed by atoms with Crippen molar-refractivity contribution < 1.29 is 28.6 Å². The number of amides is 3. The number of nitrogens with one attached hydrogen (secondary N) is 2. The maximum atomic E-state index is 11.7. The molecule has 8 nitrogen and oxygen atoms in total. The number of ether oxygens (including phenoxy) is 3. The monoisotopic (exact) mass is 400 g/mol. The maximum Gasteiger partial charge on any atom is 0.331 e. The molecule has 8 heteroatoms. The van der Waals surface area contributed by atoms with Crippen LogP contribution in [0.5, 0.6) is 11.5 Å². The van der Waals surface area contributed by atoms with E-state index in [4.69, 9.17) is 14.2 Å². The summed E-state index contributed by atoms with van der Waals surface area (Å²) in [6, 6.07) is 4.63. The first-order valence-electron chi connectivity index (χ1n) is 9.60. The lowest BCUT2D eigenvalue weighted by Gasteiger charge is -2.13. The zero-order chi connectivity index (χ0) is 20.5. The molecule has 154 valence electrons. The number of allylic oxidation sites excluding steroid dienone is 1. The summed E-state index contributed by atoms with van der Waals surface area (Å²) in [4.78, 5) is 35.2. The molecule has 0 fully saturated rings. The molecule has 0 saturated carbocycles. The van der Waals surface area contributed by atoms with Crippen LogP contribution in [-0.4, -0.2) is 37.9 Å². The average molecular weight is 400 g/mol. The van der Waals surface area contributed by atoms with Crippen molar-refractivity contribution in [2.75, 3.05) is 19.9 Å². The van der Waals surface area contributed by atoms with Crippen LogP contribution in [0.2, 0.25) is 0 Å². The number of carbonyl (C=O) groups excluding carboxylic acids is 3. The Morgan fingerprint density at radius 1 is 1.14 bits per heavy atom. The number of carbonyl (C=O) groups is 3. The molecule has 1 heterocycles.